The van der Waals surface area contributed by atoms with Gasteiger partial charge in [-0.05, 0) is 33.6 Å². The lowest BCUT2D eigenvalue weighted by molar-refractivity contribution is 0.0692. The van der Waals surface area contributed by atoms with Gasteiger partial charge in [-0.15, -0.1) is 11.3 Å². The van der Waals surface area contributed by atoms with Gasteiger partial charge in [-0.2, -0.15) is 0 Å². The zero-order valence-electron chi connectivity index (χ0n) is 10.0. The Morgan fingerprint density at radius 3 is 2.55 bits per heavy atom. The number of benzene rings is 1. The normalized spacial score (nSPS) is 10.7. The lowest BCUT2D eigenvalue weighted by atomic mass is 10.1. The van der Waals surface area contributed by atoms with E-state index in [2.05, 4.69) is 20.9 Å². The van der Waals surface area contributed by atoms with Crippen LogP contribution in [0.15, 0.2) is 51.6 Å². The van der Waals surface area contributed by atoms with Crippen molar-refractivity contribution in [2.75, 3.05) is 0 Å². The number of hydrogen-bond donors (Lipinski definition) is 1. The molecule has 0 amide bonds. The minimum Gasteiger partial charge on any atom is -0.476 e. The van der Waals surface area contributed by atoms with E-state index in [9.17, 15) is 9.90 Å². The van der Waals surface area contributed by atoms with E-state index in [1.54, 1.807) is 12.1 Å². The molecule has 0 aliphatic heterocycles. The van der Waals surface area contributed by atoms with Crippen LogP contribution in [0.5, 0.6) is 0 Å². The number of carboxylic acids is 1. The van der Waals surface area contributed by atoms with Crippen LogP contribution in [0.1, 0.15) is 10.5 Å². The molecule has 100 valence electrons. The molecule has 20 heavy (non-hydrogen) atoms. The van der Waals surface area contributed by atoms with Gasteiger partial charge in [0, 0.05) is 0 Å². The molecule has 6 heteroatoms. The minimum atomic E-state index is -1.04. The molecule has 1 aromatic carbocycles. The number of nitrogens with zero attached hydrogens (tertiary/aromatic N) is 1. The van der Waals surface area contributed by atoms with Crippen LogP contribution in [-0.2, 0) is 0 Å². The molecular weight excluding hydrogens is 342 g/mol. The molecule has 0 unspecified atom stereocenters. The molecule has 0 radical (unpaired) electrons. The Bertz CT molecular complexity index is 764. The molecule has 0 saturated carbocycles. The van der Waals surface area contributed by atoms with Gasteiger partial charge in [0.15, 0.2) is 21.1 Å². The topological polar surface area (TPSA) is 63.3 Å². The summed E-state index contributed by atoms with van der Waals surface area (Å²) >= 11 is 4.52. The van der Waals surface area contributed by atoms with E-state index in [0.717, 1.165) is 5.56 Å². The Kier molecular flexibility index (Phi) is 3.42. The Morgan fingerprint density at radius 2 is 1.95 bits per heavy atom. The third kappa shape index (κ3) is 2.39. The van der Waals surface area contributed by atoms with Crippen molar-refractivity contribution in [3.05, 3.63) is 52.8 Å². The van der Waals surface area contributed by atoms with Gasteiger partial charge in [-0.1, -0.05) is 30.3 Å². The van der Waals surface area contributed by atoms with Crippen LogP contribution in [-0.4, -0.2) is 16.1 Å². The van der Waals surface area contributed by atoms with Crippen molar-refractivity contribution in [2.45, 2.75) is 0 Å². The van der Waals surface area contributed by atoms with E-state index in [4.69, 9.17) is 4.42 Å². The van der Waals surface area contributed by atoms with Crippen LogP contribution >= 0.6 is 27.3 Å². The zero-order valence-corrected chi connectivity index (χ0v) is 12.4. The predicted octanol–water partition coefficient (Wildman–Crippen LogP) is 4.53. The molecular formula is C14H8BrNO3S. The number of rotatable bonds is 3. The number of halogens is 1. The number of aromatic carboxylic acids is 1. The first-order valence-electron chi connectivity index (χ1n) is 5.70. The van der Waals surface area contributed by atoms with E-state index in [-0.39, 0.29) is 5.69 Å². The molecule has 0 atom stereocenters. The number of aromatic nitrogens is 1. The van der Waals surface area contributed by atoms with Crippen LogP contribution in [0, 0.1) is 0 Å². The highest BCUT2D eigenvalue weighted by Gasteiger charge is 2.20. The molecule has 0 fully saturated rings. The highest BCUT2D eigenvalue weighted by Crippen LogP contribution is 2.36. The zero-order chi connectivity index (χ0) is 14.1. The minimum absolute atomic E-state index is 0.0451. The van der Waals surface area contributed by atoms with Crippen molar-refractivity contribution in [1.82, 2.24) is 4.98 Å². The van der Waals surface area contributed by atoms with Gasteiger partial charge in [0.1, 0.15) is 0 Å². The second-order valence-corrected chi connectivity index (χ2v) is 5.75. The first-order chi connectivity index (χ1) is 9.65. The second kappa shape index (κ2) is 5.22. The summed E-state index contributed by atoms with van der Waals surface area (Å²) in [6.45, 7) is 0. The van der Waals surface area contributed by atoms with Crippen molar-refractivity contribution in [3.63, 3.8) is 0 Å². The van der Waals surface area contributed by atoms with E-state index < -0.39 is 5.97 Å². The van der Waals surface area contributed by atoms with Crippen LogP contribution in [0.3, 0.4) is 0 Å². The molecule has 0 spiro atoms. The Morgan fingerprint density at radius 1 is 1.20 bits per heavy atom. The quantitative estimate of drug-likeness (QED) is 0.754. The summed E-state index contributed by atoms with van der Waals surface area (Å²) in [7, 11) is 0. The van der Waals surface area contributed by atoms with Crippen molar-refractivity contribution in [2.24, 2.45) is 0 Å². The molecule has 2 heterocycles. The molecule has 0 saturated heterocycles. The van der Waals surface area contributed by atoms with Crippen LogP contribution < -0.4 is 0 Å². The third-order valence-corrected chi connectivity index (χ3v) is 4.19. The van der Waals surface area contributed by atoms with Gasteiger partial charge in [0.05, 0.1) is 4.88 Å². The predicted molar refractivity (Wildman–Crippen MR) is 79.9 cm³/mol. The summed E-state index contributed by atoms with van der Waals surface area (Å²) in [6, 6.07) is 12.8. The largest absolute Gasteiger partial charge is 0.476 e. The summed E-state index contributed by atoms with van der Waals surface area (Å²) in [4.78, 5) is 16.1. The lowest BCUT2D eigenvalue weighted by Gasteiger charge is -1.97. The highest BCUT2D eigenvalue weighted by atomic mass is 79.9. The van der Waals surface area contributed by atoms with Gasteiger partial charge in [0.2, 0.25) is 0 Å². The average molecular weight is 350 g/mol. The molecule has 2 aromatic heterocycles. The summed E-state index contributed by atoms with van der Waals surface area (Å²) < 4.78 is 6.01. The summed E-state index contributed by atoms with van der Waals surface area (Å²) in [5.74, 6) is -0.497. The third-order valence-electron chi connectivity index (χ3n) is 2.65. The average Bonchev–Trinajstić information content (AvgIpc) is 3.05. The molecule has 4 nitrogen and oxygen atoms in total. The molecule has 0 aliphatic carbocycles. The number of furan rings is 1. The Balaban J connectivity index is 2.15. The lowest BCUT2D eigenvalue weighted by Crippen LogP contribution is -1.98. The van der Waals surface area contributed by atoms with Gasteiger partial charge in [-0.25, -0.2) is 9.78 Å². The van der Waals surface area contributed by atoms with Crippen LogP contribution in [0.25, 0.3) is 21.2 Å². The molecule has 1 N–H and O–H groups in total. The van der Waals surface area contributed by atoms with Gasteiger partial charge in [-0.3, -0.25) is 0 Å². The summed E-state index contributed by atoms with van der Waals surface area (Å²) in [6.07, 6.45) is 0. The fourth-order valence-corrected chi connectivity index (χ4v) is 3.12. The maximum Gasteiger partial charge on any atom is 0.356 e. The van der Waals surface area contributed by atoms with Crippen LogP contribution in [0.4, 0.5) is 0 Å². The monoisotopic (exact) mass is 349 g/mol. The molecule has 0 bridgehead atoms. The van der Waals surface area contributed by atoms with E-state index >= 15 is 0 Å². The van der Waals surface area contributed by atoms with Crippen molar-refractivity contribution in [3.8, 4) is 21.2 Å². The van der Waals surface area contributed by atoms with E-state index in [0.29, 0.717) is 20.3 Å². The highest BCUT2D eigenvalue weighted by molar-refractivity contribution is 9.10. The van der Waals surface area contributed by atoms with Crippen molar-refractivity contribution < 1.29 is 14.3 Å². The number of thiazole rings is 1. The first-order valence-corrected chi connectivity index (χ1v) is 7.31. The number of carboxylic acid groups (broad SMARTS) is 1. The summed E-state index contributed by atoms with van der Waals surface area (Å²) in [5.41, 5.74) is 0.878. The fourth-order valence-electron chi connectivity index (χ4n) is 1.78. The maximum atomic E-state index is 11.3. The second-order valence-electron chi connectivity index (χ2n) is 3.97. The Labute approximate surface area is 126 Å². The van der Waals surface area contributed by atoms with Crippen LogP contribution in [0.2, 0.25) is 0 Å². The van der Waals surface area contributed by atoms with Gasteiger partial charge in [0.25, 0.3) is 0 Å². The van der Waals surface area contributed by atoms with Gasteiger partial charge < -0.3 is 9.52 Å². The summed E-state index contributed by atoms with van der Waals surface area (Å²) in [5, 5.41) is 9.84. The van der Waals surface area contributed by atoms with Gasteiger partial charge >= 0.3 is 5.97 Å². The standard InChI is InChI=1S/C14H8BrNO3S/c15-10-7-6-9(19-10)13-16-11(14(17)18)12(20-13)8-4-2-1-3-5-8/h1-7H,(H,17,18). The molecule has 3 aromatic rings. The first kappa shape index (κ1) is 13.1. The SMILES string of the molecule is O=C(O)c1nc(-c2ccc(Br)o2)sc1-c1ccccc1. The number of hydrogen-bond acceptors (Lipinski definition) is 4. The number of carbonyl (C=O) groups is 1. The smallest absolute Gasteiger partial charge is 0.356 e. The Hall–Kier alpha value is -1.92. The van der Waals surface area contributed by atoms with Crippen molar-refractivity contribution in [1.29, 1.82) is 0 Å². The fraction of sp³-hybridized carbons (Fsp3) is 0. The van der Waals surface area contributed by atoms with E-state index in [1.165, 1.54) is 11.3 Å². The molecule has 0 aliphatic rings. The maximum absolute atomic E-state index is 11.3. The van der Waals surface area contributed by atoms with E-state index in [1.807, 2.05) is 30.3 Å². The molecule has 3 rings (SSSR count). The van der Waals surface area contributed by atoms with Crippen molar-refractivity contribution >= 4 is 33.2 Å².